The van der Waals surface area contributed by atoms with E-state index in [-0.39, 0.29) is 11.1 Å². The monoisotopic (exact) mass is 322 g/mol. The average molecular weight is 322 g/mol. The molecule has 1 amide bonds. The van der Waals surface area contributed by atoms with Crippen molar-refractivity contribution < 1.29 is 34.5 Å². The highest BCUT2D eigenvalue weighted by Crippen LogP contribution is 2.28. The molecule has 1 saturated heterocycles. The molecule has 1 aliphatic rings. The number of nitrogens with zero attached hydrogens (tertiary/aromatic N) is 1. The summed E-state index contributed by atoms with van der Waals surface area (Å²) in [5.41, 5.74) is 3.25. The number of likely N-dealkylation sites (tertiary alicyclic amines) is 1. The second kappa shape index (κ2) is 5.69. The van der Waals surface area contributed by atoms with Gasteiger partial charge in [0, 0.05) is 6.42 Å². The molecule has 1 unspecified atom stereocenters. The van der Waals surface area contributed by atoms with Crippen LogP contribution in [0.2, 0.25) is 0 Å². The lowest BCUT2D eigenvalue weighted by Crippen LogP contribution is -2.50. The highest BCUT2D eigenvalue weighted by molar-refractivity contribution is 6.06. The predicted molar refractivity (Wildman–Crippen MR) is 75.0 cm³/mol. The van der Waals surface area contributed by atoms with Crippen LogP contribution in [0.25, 0.3) is 0 Å². The maximum atomic E-state index is 12.5. The molecular formula is C14H14N2O7. The van der Waals surface area contributed by atoms with Crippen LogP contribution < -0.4 is 5.73 Å². The number of benzene rings is 1. The number of aromatic carboxylic acids is 1. The lowest BCUT2D eigenvalue weighted by molar-refractivity contribution is -0.143. The van der Waals surface area contributed by atoms with Crippen molar-refractivity contribution in [2.45, 2.75) is 18.0 Å². The van der Waals surface area contributed by atoms with Crippen LogP contribution in [-0.2, 0) is 9.59 Å². The summed E-state index contributed by atoms with van der Waals surface area (Å²) in [6, 6.07) is 3.85. The molecule has 122 valence electrons. The molecule has 9 nitrogen and oxygen atoms in total. The minimum Gasteiger partial charge on any atom is -0.480 e. The van der Waals surface area contributed by atoms with E-state index in [9.17, 15) is 24.3 Å². The van der Waals surface area contributed by atoms with E-state index in [1.165, 1.54) is 24.3 Å². The number of rotatable bonds is 4. The molecule has 0 aliphatic carbocycles. The van der Waals surface area contributed by atoms with E-state index in [4.69, 9.17) is 15.9 Å². The highest BCUT2D eigenvalue weighted by Gasteiger charge is 2.51. The van der Waals surface area contributed by atoms with Crippen LogP contribution in [-0.4, -0.2) is 62.2 Å². The summed E-state index contributed by atoms with van der Waals surface area (Å²) in [7, 11) is 0. The largest absolute Gasteiger partial charge is 0.480 e. The molecule has 1 aromatic rings. The van der Waals surface area contributed by atoms with Crippen molar-refractivity contribution in [3.63, 3.8) is 0 Å². The molecule has 0 spiro atoms. The first-order valence-corrected chi connectivity index (χ1v) is 6.56. The van der Waals surface area contributed by atoms with Crippen molar-refractivity contribution in [1.29, 1.82) is 0 Å². The Bertz CT molecular complexity index is 702. The van der Waals surface area contributed by atoms with Crippen molar-refractivity contribution in [3.05, 3.63) is 35.4 Å². The van der Waals surface area contributed by atoms with E-state index in [0.29, 0.717) is 0 Å². The summed E-state index contributed by atoms with van der Waals surface area (Å²) in [4.78, 5) is 47.1. The molecule has 0 saturated carbocycles. The third kappa shape index (κ3) is 2.86. The predicted octanol–water partition coefficient (Wildman–Crippen LogP) is -0.534. The Morgan fingerprint density at radius 1 is 1.09 bits per heavy atom. The van der Waals surface area contributed by atoms with Crippen molar-refractivity contribution in [2.75, 3.05) is 6.54 Å². The molecule has 5 N–H and O–H groups in total. The lowest BCUT2D eigenvalue weighted by atomic mass is 9.98. The fourth-order valence-electron chi connectivity index (χ4n) is 2.53. The SMILES string of the molecule is N[C@@]1(C(=O)O)CC(C(=O)O)N(C(=O)c2ccccc2C(=O)O)C1. The quantitative estimate of drug-likeness (QED) is 0.575. The summed E-state index contributed by atoms with van der Waals surface area (Å²) < 4.78 is 0. The summed E-state index contributed by atoms with van der Waals surface area (Å²) in [6.07, 6.45) is -0.460. The van der Waals surface area contributed by atoms with Gasteiger partial charge in [0.2, 0.25) is 0 Å². The molecule has 1 aromatic carbocycles. The Labute approximate surface area is 129 Å². The number of hydrogen-bond donors (Lipinski definition) is 4. The number of amides is 1. The molecular weight excluding hydrogens is 308 g/mol. The first kappa shape index (κ1) is 16.4. The van der Waals surface area contributed by atoms with Crippen molar-refractivity contribution in [3.8, 4) is 0 Å². The maximum absolute atomic E-state index is 12.5. The van der Waals surface area contributed by atoms with Gasteiger partial charge in [0.15, 0.2) is 0 Å². The average Bonchev–Trinajstić information content (AvgIpc) is 2.86. The van der Waals surface area contributed by atoms with Crippen LogP contribution in [0.4, 0.5) is 0 Å². The number of carbonyl (C=O) groups is 4. The number of carboxylic acid groups (broad SMARTS) is 3. The molecule has 1 heterocycles. The minimum atomic E-state index is -1.89. The normalized spacial score (nSPS) is 23.5. The molecule has 0 bridgehead atoms. The molecule has 23 heavy (non-hydrogen) atoms. The van der Waals surface area contributed by atoms with Crippen molar-refractivity contribution in [1.82, 2.24) is 4.90 Å². The van der Waals surface area contributed by atoms with Crippen molar-refractivity contribution >= 4 is 23.8 Å². The Hall–Kier alpha value is -2.94. The lowest BCUT2D eigenvalue weighted by Gasteiger charge is -2.22. The van der Waals surface area contributed by atoms with Crippen LogP contribution >= 0.6 is 0 Å². The van der Waals surface area contributed by atoms with E-state index < -0.39 is 48.4 Å². The standard InChI is InChI=1S/C14H14N2O7/c15-14(13(22)23)5-9(12(20)21)16(6-14)10(17)7-3-1-2-4-8(7)11(18)19/h1-4,9H,5-6,15H2,(H,18,19)(H,20,21)(H,22,23)/t9?,14-/m0/s1. The second-order valence-electron chi connectivity index (χ2n) is 5.30. The van der Waals surface area contributed by atoms with Gasteiger partial charge < -0.3 is 26.0 Å². The topological polar surface area (TPSA) is 158 Å². The van der Waals surface area contributed by atoms with E-state index >= 15 is 0 Å². The van der Waals surface area contributed by atoms with Gasteiger partial charge in [-0.15, -0.1) is 0 Å². The molecule has 1 fully saturated rings. The summed E-state index contributed by atoms with van der Waals surface area (Å²) in [5.74, 6) is -5.06. The summed E-state index contributed by atoms with van der Waals surface area (Å²) in [6.45, 7) is -0.522. The van der Waals surface area contributed by atoms with Gasteiger partial charge in [-0.3, -0.25) is 9.59 Å². The Morgan fingerprint density at radius 3 is 2.13 bits per heavy atom. The Balaban J connectivity index is 2.43. The molecule has 2 atom stereocenters. The Morgan fingerprint density at radius 2 is 1.65 bits per heavy atom. The van der Waals surface area contributed by atoms with Gasteiger partial charge in [-0.1, -0.05) is 12.1 Å². The Kier molecular flexibility index (Phi) is 4.06. The van der Waals surface area contributed by atoms with Gasteiger partial charge in [0.1, 0.15) is 11.6 Å². The zero-order valence-electron chi connectivity index (χ0n) is 11.8. The van der Waals surface area contributed by atoms with Gasteiger partial charge in [0.05, 0.1) is 17.7 Å². The first-order chi connectivity index (χ1) is 10.7. The number of carbonyl (C=O) groups excluding carboxylic acids is 1. The fourth-order valence-corrected chi connectivity index (χ4v) is 2.53. The molecule has 9 heteroatoms. The first-order valence-electron chi connectivity index (χ1n) is 6.56. The van der Waals surface area contributed by atoms with Gasteiger partial charge in [-0.2, -0.15) is 0 Å². The third-order valence-electron chi connectivity index (χ3n) is 3.75. The fraction of sp³-hybridized carbons (Fsp3) is 0.286. The number of carboxylic acids is 3. The van der Waals surface area contributed by atoms with Crippen LogP contribution in [0.15, 0.2) is 24.3 Å². The smallest absolute Gasteiger partial charge is 0.336 e. The van der Waals surface area contributed by atoms with Gasteiger partial charge >= 0.3 is 17.9 Å². The summed E-state index contributed by atoms with van der Waals surface area (Å²) in [5, 5.41) is 27.5. The zero-order chi connectivity index (χ0) is 17.4. The van der Waals surface area contributed by atoms with Crippen LogP contribution in [0.3, 0.4) is 0 Å². The van der Waals surface area contributed by atoms with Gasteiger partial charge in [-0.05, 0) is 12.1 Å². The van der Waals surface area contributed by atoms with E-state index in [1.807, 2.05) is 0 Å². The molecule has 2 rings (SSSR count). The van der Waals surface area contributed by atoms with Crippen molar-refractivity contribution in [2.24, 2.45) is 5.73 Å². The number of hydrogen-bond acceptors (Lipinski definition) is 5. The molecule has 0 aromatic heterocycles. The van der Waals surface area contributed by atoms with Crippen LogP contribution in [0.5, 0.6) is 0 Å². The number of aliphatic carboxylic acids is 2. The summed E-state index contributed by atoms with van der Waals surface area (Å²) >= 11 is 0. The highest BCUT2D eigenvalue weighted by atomic mass is 16.4. The van der Waals surface area contributed by atoms with E-state index in [2.05, 4.69) is 0 Å². The van der Waals surface area contributed by atoms with E-state index in [0.717, 1.165) is 4.90 Å². The number of nitrogens with two attached hydrogens (primary N) is 1. The molecule has 0 radical (unpaired) electrons. The molecule has 1 aliphatic heterocycles. The maximum Gasteiger partial charge on any atom is 0.336 e. The minimum absolute atomic E-state index is 0.221. The van der Waals surface area contributed by atoms with Gasteiger partial charge in [-0.25, -0.2) is 9.59 Å². The second-order valence-corrected chi connectivity index (χ2v) is 5.30. The zero-order valence-corrected chi connectivity index (χ0v) is 11.8. The van der Waals surface area contributed by atoms with E-state index in [1.54, 1.807) is 0 Å². The van der Waals surface area contributed by atoms with Crippen LogP contribution in [0, 0.1) is 0 Å². The third-order valence-corrected chi connectivity index (χ3v) is 3.75. The van der Waals surface area contributed by atoms with Crippen LogP contribution in [0.1, 0.15) is 27.1 Å². The van der Waals surface area contributed by atoms with Gasteiger partial charge in [0.25, 0.3) is 5.91 Å².